The average molecular weight is 446 g/mol. The van der Waals surface area contributed by atoms with E-state index in [-0.39, 0.29) is 29.7 Å². The normalized spacial score (nSPS) is 20.1. The van der Waals surface area contributed by atoms with Gasteiger partial charge in [-0.1, -0.05) is 12.5 Å². The Morgan fingerprint density at radius 2 is 1.74 bits per heavy atom. The summed E-state index contributed by atoms with van der Waals surface area (Å²) in [6.07, 6.45) is 2.86. The van der Waals surface area contributed by atoms with Crippen molar-refractivity contribution in [1.29, 1.82) is 0 Å². The molecule has 2 aliphatic rings. The van der Waals surface area contributed by atoms with Crippen LogP contribution in [0.4, 0.5) is 10.1 Å². The molecule has 2 saturated heterocycles. The Balaban J connectivity index is 1.40. The molecule has 0 aliphatic carbocycles. The van der Waals surface area contributed by atoms with Crippen molar-refractivity contribution in [2.75, 3.05) is 24.5 Å². The highest BCUT2D eigenvalue weighted by atomic mass is 32.2. The monoisotopic (exact) mass is 445 g/mol. The standard InChI is InChI=1S/C22H24FN3O4S/c23-17-5-4-6-19(13-17)26-15-18(14-21(26)27)24-22(28)16-7-9-20(10-8-16)31(29,30)25-11-2-1-3-12-25/h4-10,13,18H,1-3,11-12,14-15H2,(H,24,28). The van der Waals surface area contributed by atoms with Crippen LogP contribution in [0.25, 0.3) is 0 Å². The van der Waals surface area contributed by atoms with Gasteiger partial charge in [-0.3, -0.25) is 9.59 Å². The highest BCUT2D eigenvalue weighted by Crippen LogP contribution is 2.23. The topological polar surface area (TPSA) is 86.8 Å². The third kappa shape index (κ3) is 4.62. The second-order valence-corrected chi connectivity index (χ2v) is 9.79. The molecule has 0 saturated carbocycles. The van der Waals surface area contributed by atoms with E-state index in [2.05, 4.69) is 5.32 Å². The minimum atomic E-state index is -3.56. The van der Waals surface area contributed by atoms with E-state index >= 15 is 0 Å². The number of piperidine rings is 1. The Bertz CT molecular complexity index is 1080. The minimum Gasteiger partial charge on any atom is -0.347 e. The van der Waals surface area contributed by atoms with Gasteiger partial charge in [-0.25, -0.2) is 12.8 Å². The van der Waals surface area contributed by atoms with E-state index in [1.807, 2.05) is 0 Å². The van der Waals surface area contributed by atoms with E-state index in [0.29, 0.717) is 24.3 Å². The first-order valence-corrected chi connectivity index (χ1v) is 11.8. The van der Waals surface area contributed by atoms with E-state index in [0.717, 1.165) is 19.3 Å². The number of nitrogens with one attached hydrogen (secondary N) is 1. The summed E-state index contributed by atoms with van der Waals surface area (Å²) in [6, 6.07) is 11.2. The highest BCUT2D eigenvalue weighted by Gasteiger charge is 2.32. The van der Waals surface area contributed by atoms with Crippen LogP contribution in [0.5, 0.6) is 0 Å². The van der Waals surface area contributed by atoms with Crippen molar-refractivity contribution in [3.8, 4) is 0 Å². The molecule has 0 aromatic heterocycles. The van der Waals surface area contributed by atoms with Gasteiger partial charge in [0.1, 0.15) is 5.82 Å². The first kappa shape index (κ1) is 21.5. The number of sulfonamides is 1. The molecule has 164 valence electrons. The lowest BCUT2D eigenvalue weighted by molar-refractivity contribution is -0.117. The summed E-state index contributed by atoms with van der Waals surface area (Å²) in [6.45, 7) is 1.28. The Labute approximate surface area is 180 Å². The van der Waals surface area contributed by atoms with Crippen LogP contribution in [0.3, 0.4) is 0 Å². The van der Waals surface area contributed by atoms with Gasteiger partial charge in [0.15, 0.2) is 0 Å². The molecule has 1 atom stereocenters. The molecular formula is C22H24FN3O4S. The van der Waals surface area contributed by atoms with Crippen molar-refractivity contribution in [2.45, 2.75) is 36.6 Å². The van der Waals surface area contributed by atoms with E-state index in [9.17, 15) is 22.4 Å². The van der Waals surface area contributed by atoms with Gasteiger partial charge in [0, 0.05) is 37.3 Å². The second kappa shape index (κ2) is 8.76. The predicted octanol–water partition coefficient (Wildman–Crippen LogP) is 2.54. The first-order valence-electron chi connectivity index (χ1n) is 10.3. The molecule has 7 nitrogen and oxygen atoms in total. The number of carbonyl (C=O) groups excluding carboxylic acids is 2. The molecule has 4 rings (SSSR count). The van der Waals surface area contributed by atoms with Gasteiger partial charge in [0.25, 0.3) is 5.91 Å². The third-order valence-electron chi connectivity index (χ3n) is 5.65. The first-order chi connectivity index (χ1) is 14.8. The summed E-state index contributed by atoms with van der Waals surface area (Å²) in [5.41, 5.74) is 0.767. The van der Waals surface area contributed by atoms with Crippen LogP contribution in [0.15, 0.2) is 53.4 Å². The van der Waals surface area contributed by atoms with E-state index in [1.165, 1.54) is 51.7 Å². The van der Waals surface area contributed by atoms with Gasteiger partial charge < -0.3 is 10.2 Å². The quantitative estimate of drug-likeness (QED) is 0.766. The van der Waals surface area contributed by atoms with Crippen molar-refractivity contribution in [2.24, 2.45) is 0 Å². The van der Waals surface area contributed by atoms with Crippen molar-refractivity contribution >= 4 is 27.5 Å². The molecule has 9 heteroatoms. The maximum Gasteiger partial charge on any atom is 0.251 e. The zero-order valence-electron chi connectivity index (χ0n) is 17.0. The van der Waals surface area contributed by atoms with Gasteiger partial charge in [-0.2, -0.15) is 4.31 Å². The zero-order valence-corrected chi connectivity index (χ0v) is 17.8. The van der Waals surface area contributed by atoms with E-state index < -0.39 is 21.9 Å². The summed E-state index contributed by atoms with van der Waals surface area (Å²) in [5, 5.41) is 2.81. The van der Waals surface area contributed by atoms with Crippen LogP contribution in [0.1, 0.15) is 36.0 Å². The van der Waals surface area contributed by atoms with Crippen molar-refractivity contribution in [1.82, 2.24) is 9.62 Å². The van der Waals surface area contributed by atoms with Crippen LogP contribution in [-0.4, -0.2) is 50.2 Å². The van der Waals surface area contributed by atoms with E-state index in [4.69, 9.17) is 0 Å². The fraction of sp³-hybridized carbons (Fsp3) is 0.364. The fourth-order valence-corrected chi connectivity index (χ4v) is 5.52. The summed E-state index contributed by atoms with van der Waals surface area (Å²) in [5.74, 6) is -1.02. The zero-order chi connectivity index (χ0) is 22.0. The number of nitrogens with zero attached hydrogens (tertiary/aromatic N) is 2. The van der Waals surface area contributed by atoms with Gasteiger partial charge in [-0.05, 0) is 55.3 Å². The molecule has 2 aromatic rings. The molecule has 0 radical (unpaired) electrons. The Morgan fingerprint density at radius 3 is 2.42 bits per heavy atom. The molecule has 2 aliphatic heterocycles. The van der Waals surface area contributed by atoms with Crippen LogP contribution in [0, 0.1) is 5.82 Å². The van der Waals surface area contributed by atoms with Crippen molar-refractivity contribution < 1.29 is 22.4 Å². The predicted molar refractivity (Wildman–Crippen MR) is 114 cm³/mol. The van der Waals surface area contributed by atoms with E-state index in [1.54, 1.807) is 6.07 Å². The Hall–Kier alpha value is -2.78. The molecule has 31 heavy (non-hydrogen) atoms. The Kier molecular flexibility index (Phi) is 6.06. The molecule has 2 aromatic carbocycles. The lowest BCUT2D eigenvalue weighted by Gasteiger charge is -2.25. The lowest BCUT2D eigenvalue weighted by Crippen LogP contribution is -2.37. The number of amides is 2. The Morgan fingerprint density at radius 1 is 1.03 bits per heavy atom. The molecule has 2 amide bonds. The minimum absolute atomic E-state index is 0.115. The number of halogens is 1. The van der Waals surface area contributed by atoms with Crippen LogP contribution < -0.4 is 10.2 Å². The summed E-state index contributed by atoms with van der Waals surface area (Å²) < 4.78 is 40.4. The van der Waals surface area contributed by atoms with Crippen molar-refractivity contribution in [3.63, 3.8) is 0 Å². The summed E-state index contributed by atoms with van der Waals surface area (Å²) in [7, 11) is -3.56. The maximum atomic E-state index is 13.5. The molecule has 0 bridgehead atoms. The van der Waals surface area contributed by atoms with Gasteiger partial charge in [0.05, 0.1) is 10.9 Å². The molecule has 2 heterocycles. The van der Waals surface area contributed by atoms with Gasteiger partial charge in [-0.15, -0.1) is 0 Å². The number of hydrogen-bond acceptors (Lipinski definition) is 4. The second-order valence-electron chi connectivity index (χ2n) is 7.85. The lowest BCUT2D eigenvalue weighted by atomic mass is 10.2. The molecule has 2 fully saturated rings. The number of carbonyl (C=O) groups is 2. The highest BCUT2D eigenvalue weighted by molar-refractivity contribution is 7.89. The number of hydrogen-bond donors (Lipinski definition) is 1. The number of benzene rings is 2. The summed E-state index contributed by atoms with van der Waals surface area (Å²) >= 11 is 0. The average Bonchev–Trinajstić information content (AvgIpc) is 3.14. The van der Waals surface area contributed by atoms with Gasteiger partial charge >= 0.3 is 0 Å². The van der Waals surface area contributed by atoms with Gasteiger partial charge in [0.2, 0.25) is 15.9 Å². The fourth-order valence-electron chi connectivity index (χ4n) is 4.00. The largest absolute Gasteiger partial charge is 0.347 e. The van der Waals surface area contributed by atoms with Crippen LogP contribution in [0.2, 0.25) is 0 Å². The van der Waals surface area contributed by atoms with Crippen LogP contribution in [-0.2, 0) is 14.8 Å². The molecule has 1 unspecified atom stereocenters. The smallest absolute Gasteiger partial charge is 0.251 e. The molecular weight excluding hydrogens is 421 g/mol. The number of anilines is 1. The maximum absolute atomic E-state index is 13.5. The SMILES string of the molecule is O=C(NC1CC(=O)N(c2cccc(F)c2)C1)c1ccc(S(=O)(=O)N2CCCCC2)cc1. The molecule has 1 N–H and O–H groups in total. The van der Waals surface area contributed by atoms with Crippen LogP contribution >= 0.6 is 0 Å². The molecule has 0 spiro atoms. The number of rotatable bonds is 5. The summed E-state index contributed by atoms with van der Waals surface area (Å²) in [4.78, 5) is 26.5. The third-order valence-corrected chi connectivity index (χ3v) is 7.56. The van der Waals surface area contributed by atoms with Crippen molar-refractivity contribution in [3.05, 3.63) is 59.9 Å².